The van der Waals surface area contributed by atoms with Gasteiger partial charge in [0, 0.05) is 10.2 Å². The zero-order valence-electron chi connectivity index (χ0n) is 9.84. The molecule has 2 aromatic rings. The standard InChI is InChI=1S/C13H8BrF4NO/c14-7-1-3-10(15)12(5-7)20-11-4-2-8(19)6-9(11)13(16,17)18/h1-6H,19H2. The third kappa shape index (κ3) is 3.22. The highest BCUT2D eigenvalue weighted by atomic mass is 79.9. The summed E-state index contributed by atoms with van der Waals surface area (Å²) in [5.74, 6) is -1.59. The van der Waals surface area contributed by atoms with Crippen LogP contribution in [0.5, 0.6) is 11.5 Å². The van der Waals surface area contributed by atoms with Crippen molar-refractivity contribution in [1.82, 2.24) is 0 Å². The van der Waals surface area contributed by atoms with E-state index in [-0.39, 0.29) is 11.4 Å². The van der Waals surface area contributed by atoms with Crippen LogP contribution in [-0.4, -0.2) is 0 Å². The summed E-state index contributed by atoms with van der Waals surface area (Å²) < 4.78 is 57.6. The molecule has 0 saturated carbocycles. The molecule has 0 aliphatic carbocycles. The SMILES string of the molecule is Nc1ccc(Oc2cc(Br)ccc2F)c(C(F)(F)F)c1. The Bertz CT molecular complexity index is 643. The first-order chi connectivity index (χ1) is 9.27. The van der Waals surface area contributed by atoms with E-state index in [0.717, 1.165) is 18.2 Å². The van der Waals surface area contributed by atoms with Gasteiger partial charge in [0.05, 0.1) is 0 Å². The molecule has 2 rings (SSSR count). The van der Waals surface area contributed by atoms with Gasteiger partial charge in [-0.1, -0.05) is 15.9 Å². The smallest absolute Gasteiger partial charge is 0.420 e. The van der Waals surface area contributed by atoms with Gasteiger partial charge in [-0.15, -0.1) is 0 Å². The van der Waals surface area contributed by atoms with Crippen LogP contribution in [0.4, 0.5) is 23.2 Å². The molecule has 2 nitrogen and oxygen atoms in total. The third-order valence-corrected chi connectivity index (χ3v) is 2.92. The van der Waals surface area contributed by atoms with Gasteiger partial charge in [0.25, 0.3) is 0 Å². The minimum Gasteiger partial charge on any atom is -0.454 e. The normalized spacial score (nSPS) is 11.4. The Kier molecular flexibility index (Phi) is 3.89. The molecule has 7 heteroatoms. The van der Waals surface area contributed by atoms with Crippen molar-refractivity contribution in [2.24, 2.45) is 0 Å². The van der Waals surface area contributed by atoms with Crippen LogP contribution in [-0.2, 0) is 6.18 Å². The number of hydrogen-bond acceptors (Lipinski definition) is 2. The fourth-order valence-corrected chi connectivity index (χ4v) is 1.87. The molecule has 0 spiro atoms. The first kappa shape index (κ1) is 14.6. The molecule has 0 heterocycles. The summed E-state index contributed by atoms with van der Waals surface area (Å²) in [6.45, 7) is 0. The number of anilines is 1. The number of rotatable bonds is 2. The first-order valence-corrected chi connectivity index (χ1v) is 6.16. The van der Waals surface area contributed by atoms with E-state index in [0.29, 0.717) is 4.47 Å². The van der Waals surface area contributed by atoms with Gasteiger partial charge in [-0.25, -0.2) is 4.39 Å². The molecule has 0 saturated heterocycles. The number of nitrogens with two attached hydrogens (primary N) is 1. The lowest BCUT2D eigenvalue weighted by atomic mass is 10.1. The predicted molar refractivity (Wildman–Crippen MR) is 70.0 cm³/mol. The molecule has 2 N–H and O–H groups in total. The molecule has 106 valence electrons. The van der Waals surface area contributed by atoms with Crippen molar-refractivity contribution in [1.29, 1.82) is 0 Å². The zero-order valence-corrected chi connectivity index (χ0v) is 11.4. The minimum atomic E-state index is -4.65. The van der Waals surface area contributed by atoms with Crippen LogP contribution in [0.25, 0.3) is 0 Å². The second kappa shape index (κ2) is 5.32. The molecule has 2 aromatic carbocycles. The van der Waals surface area contributed by atoms with Gasteiger partial charge in [-0.2, -0.15) is 13.2 Å². The Hall–Kier alpha value is -1.76. The largest absolute Gasteiger partial charge is 0.454 e. The van der Waals surface area contributed by atoms with Crippen LogP contribution in [0.2, 0.25) is 0 Å². The van der Waals surface area contributed by atoms with Crippen LogP contribution in [0.3, 0.4) is 0 Å². The quantitative estimate of drug-likeness (QED) is 0.612. The van der Waals surface area contributed by atoms with Gasteiger partial charge in [-0.05, 0) is 36.4 Å². The molecule has 0 aliphatic rings. The van der Waals surface area contributed by atoms with Crippen LogP contribution in [0.1, 0.15) is 5.56 Å². The Morgan fingerprint density at radius 2 is 1.70 bits per heavy atom. The van der Waals surface area contributed by atoms with Crippen LogP contribution in [0, 0.1) is 5.82 Å². The molecule has 0 radical (unpaired) electrons. The number of nitrogen functional groups attached to an aromatic ring is 1. The van der Waals surface area contributed by atoms with Crippen molar-refractivity contribution in [3.05, 3.63) is 52.3 Å². The molecule has 0 atom stereocenters. The van der Waals surface area contributed by atoms with Crippen molar-refractivity contribution in [2.75, 3.05) is 5.73 Å². The van der Waals surface area contributed by atoms with Crippen molar-refractivity contribution in [3.8, 4) is 11.5 Å². The molecule has 0 fully saturated rings. The van der Waals surface area contributed by atoms with E-state index in [9.17, 15) is 17.6 Å². The van der Waals surface area contributed by atoms with Gasteiger partial charge in [0.15, 0.2) is 11.6 Å². The van der Waals surface area contributed by atoms with E-state index >= 15 is 0 Å². The first-order valence-electron chi connectivity index (χ1n) is 5.37. The summed E-state index contributed by atoms with van der Waals surface area (Å²) in [4.78, 5) is 0. The predicted octanol–water partition coefficient (Wildman–Crippen LogP) is 4.98. The van der Waals surface area contributed by atoms with Crippen molar-refractivity contribution < 1.29 is 22.3 Å². The van der Waals surface area contributed by atoms with Crippen LogP contribution in [0.15, 0.2) is 40.9 Å². The van der Waals surface area contributed by atoms with Crippen molar-refractivity contribution in [2.45, 2.75) is 6.18 Å². The van der Waals surface area contributed by atoms with E-state index in [4.69, 9.17) is 10.5 Å². The lowest BCUT2D eigenvalue weighted by molar-refractivity contribution is -0.138. The minimum absolute atomic E-state index is 0.0561. The van der Waals surface area contributed by atoms with Gasteiger partial charge >= 0.3 is 6.18 Å². The number of halogens is 5. The molecular weight excluding hydrogens is 342 g/mol. The maximum Gasteiger partial charge on any atom is 0.420 e. The van der Waals surface area contributed by atoms with E-state index < -0.39 is 23.3 Å². The summed E-state index contributed by atoms with van der Waals surface area (Å²) in [6, 6.07) is 6.79. The monoisotopic (exact) mass is 349 g/mol. The molecule has 0 amide bonds. The summed E-state index contributed by atoms with van der Waals surface area (Å²) in [6.07, 6.45) is -4.65. The summed E-state index contributed by atoms with van der Waals surface area (Å²) >= 11 is 3.09. The second-order valence-corrected chi connectivity index (χ2v) is 4.85. The van der Waals surface area contributed by atoms with Crippen LogP contribution < -0.4 is 10.5 Å². The molecule has 0 aromatic heterocycles. The number of alkyl halides is 3. The van der Waals surface area contributed by atoms with E-state index in [1.54, 1.807) is 0 Å². The Morgan fingerprint density at radius 3 is 2.35 bits per heavy atom. The maximum atomic E-state index is 13.5. The van der Waals surface area contributed by atoms with Gasteiger partial charge in [-0.3, -0.25) is 0 Å². The average Bonchev–Trinajstić information content (AvgIpc) is 2.34. The average molecular weight is 350 g/mol. The second-order valence-electron chi connectivity index (χ2n) is 3.93. The van der Waals surface area contributed by atoms with Crippen molar-refractivity contribution >= 4 is 21.6 Å². The fraction of sp³-hybridized carbons (Fsp3) is 0.0769. The maximum absolute atomic E-state index is 13.5. The van der Waals surface area contributed by atoms with Gasteiger partial charge < -0.3 is 10.5 Å². The number of ether oxygens (including phenoxy) is 1. The Balaban J connectivity index is 2.46. The van der Waals surface area contributed by atoms with E-state index in [1.807, 2.05) is 0 Å². The summed E-state index contributed by atoms with van der Waals surface area (Å²) in [5.41, 5.74) is 4.22. The third-order valence-electron chi connectivity index (χ3n) is 2.42. The highest BCUT2D eigenvalue weighted by Crippen LogP contribution is 2.40. The molecule has 0 aliphatic heterocycles. The molecular formula is C13H8BrF4NO. The Morgan fingerprint density at radius 1 is 1.00 bits per heavy atom. The summed E-state index contributed by atoms with van der Waals surface area (Å²) in [5, 5.41) is 0. The highest BCUT2D eigenvalue weighted by molar-refractivity contribution is 9.10. The summed E-state index contributed by atoms with van der Waals surface area (Å²) in [7, 11) is 0. The molecule has 0 unspecified atom stereocenters. The van der Waals surface area contributed by atoms with Crippen molar-refractivity contribution in [3.63, 3.8) is 0 Å². The van der Waals surface area contributed by atoms with E-state index in [1.165, 1.54) is 18.2 Å². The lowest BCUT2D eigenvalue weighted by Gasteiger charge is -2.14. The zero-order chi connectivity index (χ0) is 14.9. The van der Waals surface area contributed by atoms with E-state index in [2.05, 4.69) is 15.9 Å². The molecule has 0 bridgehead atoms. The lowest BCUT2D eigenvalue weighted by Crippen LogP contribution is -2.08. The Labute approximate surface area is 120 Å². The van der Waals surface area contributed by atoms with Crippen LogP contribution >= 0.6 is 15.9 Å². The van der Waals surface area contributed by atoms with Gasteiger partial charge in [0.1, 0.15) is 11.3 Å². The molecule has 20 heavy (non-hydrogen) atoms. The highest BCUT2D eigenvalue weighted by Gasteiger charge is 2.35. The number of benzene rings is 2. The van der Waals surface area contributed by atoms with Gasteiger partial charge in [0.2, 0.25) is 0 Å². The number of hydrogen-bond donors (Lipinski definition) is 1. The fourth-order valence-electron chi connectivity index (χ4n) is 1.53. The topological polar surface area (TPSA) is 35.2 Å².